The first-order chi connectivity index (χ1) is 9.10. The highest BCUT2D eigenvalue weighted by atomic mass is 35.5. The van der Waals surface area contributed by atoms with Crippen molar-refractivity contribution >= 4 is 28.9 Å². The molecule has 0 radical (unpaired) electrons. The van der Waals surface area contributed by atoms with Gasteiger partial charge in [0.15, 0.2) is 5.75 Å². The van der Waals surface area contributed by atoms with Crippen molar-refractivity contribution in [2.24, 2.45) is 0 Å². The minimum Gasteiger partial charge on any atom is -0.505 e. The molecule has 0 bridgehead atoms. The summed E-state index contributed by atoms with van der Waals surface area (Å²) >= 11 is 11.7. The molecule has 0 saturated carbocycles. The monoisotopic (exact) mass is 298 g/mol. The van der Waals surface area contributed by atoms with Crippen LogP contribution >= 0.6 is 23.2 Å². The topological polar surface area (TPSA) is 37.2 Å². The molecule has 2 N–H and O–H groups in total. The normalized spacial score (nSPS) is 10.7. The number of aryl methyl sites for hydroxylation is 1. The Kier molecular flexibility index (Phi) is 4.61. The van der Waals surface area contributed by atoms with E-state index in [2.05, 4.69) is 35.3 Å². The molecule has 2 aromatic rings. The molecule has 0 aliphatic rings. The Morgan fingerprint density at radius 2 is 1.95 bits per heavy atom. The largest absolute Gasteiger partial charge is 0.505 e. The molecule has 0 aliphatic carbocycles. The van der Waals surface area contributed by atoms with E-state index in [1.54, 1.807) is 12.1 Å². The highest BCUT2D eigenvalue weighted by Gasteiger charge is 2.06. The van der Waals surface area contributed by atoms with Crippen molar-refractivity contribution in [2.75, 3.05) is 5.32 Å². The van der Waals surface area contributed by atoms with Gasteiger partial charge >= 0.3 is 0 Å². The molecule has 19 heavy (non-hydrogen) atoms. The minimum absolute atomic E-state index is 0.0806. The van der Waals surface area contributed by atoms with Gasteiger partial charge in [-0.05, 0) is 30.2 Å². The molecule has 0 saturated heterocycles. The molecule has 1 aromatic heterocycles. The Labute approximate surface area is 122 Å². The third-order valence-corrected chi connectivity index (χ3v) is 3.38. The Balaban J connectivity index is 2.01. The van der Waals surface area contributed by atoms with Crippen LogP contribution in [0.2, 0.25) is 10.0 Å². The Morgan fingerprint density at radius 3 is 2.58 bits per heavy atom. The molecule has 2 rings (SSSR count). The van der Waals surface area contributed by atoms with Gasteiger partial charge in [-0.1, -0.05) is 30.1 Å². The van der Waals surface area contributed by atoms with Crippen LogP contribution in [0.5, 0.6) is 5.75 Å². The van der Waals surface area contributed by atoms with Gasteiger partial charge in [-0.15, -0.1) is 0 Å². The molecule has 1 heterocycles. The molecule has 0 amide bonds. The van der Waals surface area contributed by atoms with Crippen molar-refractivity contribution in [1.82, 2.24) is 4.57 Å². The predicted octanol–water partition coefficient (Wildman–Crippen LogP) is 4.52. The van der Waals surface area contributed by atoms with Crippen molar-refractivity contribution in [3.63, 3.8) is 0 Å². The van der Waals surface area contributed by atoms with Crippen molar-refractivity contribution in [2.45, 2.75) is 26.4 Å². The fourth-order valence-corrected chi connectivity index (χ4v) is 2.35. The first-order valence-corrected chi connectivity index (χ1v) is 6.92. The van der Waals surface area contributed by atoms with Gasteiger partial charge < -0.3 is 15.0 Å². The van der Waals surface area contributed by atoms with Gasteiger partial charge in [-0.3, -0.25) is 0 Å². The van der Waals surface area contributed by atoms with Crippen LogP contribution in [0.4, 0.5) is 5.69 Å². The summed E-state index contributed by atoms with van der Waals surface area (Å²) in [5.74, 6) is -0.0806. The molecular formula is C14H16Cl2N2O. The molecule has 0 atom stereocenters. The van der Waals surface area contributed by atoms with E-state index in [4.69, 9.17) is 23.2 Å². The van der Waals surface area contributed by atoms with Crippen LogP contribution in [0, 0.1) is 0 Å². The van der Waals surface area contributed by atoms with E-state index in [-0.39, 0.29) is 15.8 Å². The van der Waals surface area contributed by atoms with E-state index in [0.717, 1.165) is 18.7 Å². The summed E-state index contributed by atoms with van der Waals surface area (Å²) in [5.41, 5.74) is 1.98. The molecule has 0 aliphatic heterocycles. The van der Waals surface area contributed by atoms with Gasteiger partial charge in [0.05, 0.1) is 10.0 Å². The van der Waals surface area contributed by atoms with E-state index in [0.29, 0.717) is 6.54 Å². The van der Waals surface area contributed by atoms with Gasteiger partial charge in [-0.25, -0.2) is 0 Å². The summed E-state index contributed by atoms with van der Waals surface area (Å²) in [4.78, 5) is 0. The minimum atomic E-state index is -0.0806. The second-order valence-electron chi connectivity index (χ2n) is 4.40. The third-order valence-electron chi connectivity index (χ3n) is 2.81. The number of nitrogens with one attached hydrogen (secondary N) is 1. The number of rotatable bonds is 5. The van der Waals surface area contributed by atoms with Crippen LogP contribution in [0.25, 0.3) is 0 Å². The number of phenolic OH excluding ortho intramolecular Hbond substituents is 1. The molecule has 5 heteroatoms. The SMILES string of the molecule is CCCn1ccc(CNc2cc(Cl)c(O)c(Cl)c2)c1. The number of halogens is 2. The summed E-state index contributed by atoms with van der Waals surface area (Å²) in [7, 11) is 0. The fraction of sp³-hybridized carbons (Fsp3) is 0.286. The first-order valence-electron chi connectivity index (χ1n) is 6.16. The van der Waals surface area contributed by atoms with Crippen LogP contribution in [-0.4, -0.2) is 9.67 Å². The Bertz CT molecular complexity index is 543. The summed E-state index contributed by atoms with van der Waals surface area (Å²) in [6.07, 6.45) is 5.29. The maximum absolute atomic E-state index is 9.48. The zero-order valence-corrected chi connectivity index (χ0v) is 12.2. The Hall–Kier alpha value is -1.32. The van der Waals surface area contributed by atoms with Gasteiger partial charge in [0.1, 0.15) is 0 Å². The number of aromatic hydroxyl groups is 1. The van der Waals surface area contributed by atoms with Crippen molar-refractivity contribution < 1.29 is 5.11 Å². The van der Waals surface area contributed by atoms with Crippen LogP contribution in [-0.2, 0) is 13.1 Å². The summed E-state index contributed by atoms with van der Waals surface area (Å²) in [5, 5.41) is 13.2. The van der Waals surface area contributed by atoms with E-state index in [1.165, 1.54) is 5.56 Å². The number of hydrogen-bond acceptors (Lipinski definition) is 2. The number of phenols is 1. The maximum Gasteiger partial charge on any atom is 0.152 e. The second-order valence-corrected chi connectivity index (χ2v) is 5.21. The fourth-order valence-electron chi connectivity index (χ4n) is 1.86. The van der Waals surface area contributed by atoms with Gasteiger partial charge in [0, 0.05) is 31.2 Å². The quantitative estimate of drug-likeness (QED) is 0.796. The van der Waals surface area contributed by atoms with E-state index in [1.807, 2.05) is 0 Å². The summed E-state index contributed by atoms with van der Waals surface area (Å²) < 4.78 is 2.16. The van der Waals surface area contributed by atoms with Crippen LogP contribution in [0.3, 0.4) is 0 Å². The first kappa shape index (κ1) is 14.1. The molecule has 0 unspecified atom stereocenters. The molecule has 102 valence electrons. The van der Waals surface area contributed by atoms with Crippen molar-refractivity contribution in [1.29, 1.82) is 0 Å². The van der Waals surface area contributed by atoms with E-state index in [9.17, 15) is 5.11 Å². The van der Waals surface area contributed by atoms with Gasteiger partial charge in [0.2, 0.25) is 0 Å². The highest BCUT2D eigenvalue weighted by Crippen LogP contribution is 2.34. The lowest BCUT2D eigenvalue weighted by Crippen LogP contribution is -1.99. The average Bonchev–Trinajstić information content (AvgIpc) is 2.81. The standard InChI is InChI=1S/C14H16Cl2N2O/c1-2-4-18-5-3-10(9-18)8-17-11-6-12(15)14(19)13(16)7-11/h3,5-7,9,17,19H,2,4,8H2,1H3. The molecule has 3 nitrogen and oxygen atoms in total. The summed E-state index contributed by atoms with van der Waals surface area (Å²) in [6.45, 7) is 3.86. The number of benzene rings is 1. The highest BCUT2D eigenvalue weighted by molar-refractivity contribution is 6.37. The number of hydrogen-bond donors (Lipinski definition) is 2. The van der Waals surface area contributed by atoms with Crippen LogP contribution < -0.4 is 5.32 Å². The second kappa shape index (κ2) is 6.22. The van der Waals surface area contributed by atoms with Gasteiger partial charge in [-0.2, -0.15) is 0 Å². The Morgan fingerprint density at radius 1 is 1.26 bits per heavy atom. The molecular weight excluding hydrogens is 283 g/mol. The van der Waals surface area contributed by atoms with Crippen LogP contribution in [0.1, 0.15) is 18.9 Å². The lowest BCUT2D eigenvalue weighted by Gasteiger charge is -2.08. The number of anilines is 1. The van der Waals surface area contributed by atoms with Crippen molar-refractivity contribution in [3.8, 4) is 5.75 Å². The lowest BCUT2D eigenvalue weighted by molar-refractivity contribution is 0.476. The average molecular weight is 299 g/mol. The molecule has 0 spiro atoms. The zero-order chi connectivity index (χ0) is 13.8. The molecule has 0 fully saturated rings. The lowest BCUT2D eigenvalue weighted by atomic mass is 10.2. The molecule has 1 aromatic carbocycles. The van der Waals surface area contributed by atoms with Crippen LogP contribution in [0.15, 0.2) is 30.6 Å². The zero-order valence-electron chi connectivity index (χ0n) is 10.7. The number of aromatic nitrogens is 1. The van der Waals surface area contributed by atoms with Gasteiger partial charge in [0.25, 0.3) is 0 Å². The third kappa shape index (κ3) is 3.58. The predicted molar refractivity (Wildman–Crippen MR) is 80.2 cm³/mol. The summed E-state index contributed by atoms with van der Waals surface area (Å²) in [6, 6.07) is 5.39. The van der Waals surface area contributed by atoms with E-state index >= 15 is 0 Å². The smallest absolute Gasteiger partial charge is 0.152 e. The maximum atomic E-state index is 9.48. The van der Waals surface area contributed by atoms with Crippen molar-refractivity contribution in [3.05, 3.63) is 46.2 Å². The van der Waals surface area contributed by atoms with E-state index < -0.39 is 0 Å². The number of nitrogens with zero attached hydrogens (tertiary/aromatic N) is 1.